The van der Waals surface area contributed by atoms with Gasteiger partial charge in [-0.15, -0.1) is 0 Å². The van der Waals surface area contributed by atoms with Crippen molar-refractivity contribution < 1.29 is 19.2 Å². The lowest BCUT2D eigenvalue weighted by atomic mass is 10.1. The zero-order chi connectivity index (χ0) is 27.8. The Morgan fingerprint density at radius 3 is 2.51 bits per heavy atom. The molecule has 0 aliphatic carbocycles. The number of aromatic nitrogens is 2. The third-order valence-electron chi connectivity index (χ3n) is 7.06. The maximum Gasteiger partial charge on any atom is 0.330 e. The van der Waals surface area contributed by atoms with Crippen LogP contribution in [-0.4, -0.2) is 97.8 Å². The molecule has 1 aromatic heterocycles. The molecule has 0 atom stereocenters. The minimum absolute atomic E-state index is 0.231. The molecule has 0 bridgehead atoms. The summed E-state index contributed by atoms with van der Waals surface area (Å²) in [6.45, 7) is 14.3. The highest BCUT2D eigenvalue weighted by Crippen LogP contribution is 2.33. The Kier molecular flexibility index (Phi) is 9.90. The minimum Gasteiger partial charge on any atom is -0.497 e. The first-order valence-corrected chi connectivity index (χ1v) is 13.7. The highest BCUT2D eigenvalue weighted by atomic mass is 16.6. The van der Waals surface area contributed by atoms with Crippen molar-refractivity contribution in [3.63, 3.8) is 0 Å². The SMILES string of the molecule is CCONC(=O)c1cc(OC)cc(N2Cc3cnc(NCCCN4CCN(CC)CC4)nc3N(CC)C2=O)c1. The van der Waals surface area contributed by atoms with Crippen LogP contribution in [0.25, 0.3) is 0 Å². The number of urea groups is 1. The van der Waals surface area contributed by atoms with Gasteiger partial charge in [0.05, 0.1) is 25.9 Å². The number of rotatable bonds is 12. The summed E-state index contributed by atoms with van der Waals surface area (Å²) in [5.41, 5.74) is 4.06. The van der Waals surface area contributed by atoms with Crippen LogP contribution >= 0.6 is 0 Å². The number of nitrogens with zero attached hydrogens (tertiary/aromatic N) is 6. The van der Waals surface area contributed by atoms with Crippen molar-refractivity contribution in [3.05, 3.63) is 35.5 Å². The zero-order valence-electron chi connectivity index (χ0n) is 23.4. The molecular formula is C27H40N8O4. The highest BCUT2D eigenvalue weighted by molar-refractivity contribution is 6.06. The third-order valence-corrected chi connectivity index (χ3v) is 7.06. The predicted octanol–water partition coefficient (Wildman–Crippen LogP) is 2.57. The molecule has 0 spiro atoms. The van der Waals surface area contributed by atoms with E-state index >= 15 is 0 Å². The van der Waals surface area contributed by atoms with Gasteiger partial charge in [-0.25, -0.2) is 15.3 Å². The number of likely N-dealkylation sites (N-methyl/N-ethyl adjacent to an activating group) is 1. The minimum atomic E-state index is -0.420. The number of benzene rings is 1. The van der Waals surface area contributed by atoms with E-state index < -0.39 is 5.91 Å². The number of piperazine rings is 1. The molecule has 2 aliphatic heterocycles. The Morgan fingerprint density at radius 1 is 1.05 bits per heavy atom. The topological polar surface area (TPSA) is 115 Å². The van der Waals surface area contributed by atoms with E-state index in [-0.39, 0.29) is 12.6 Å². The quantitative estimate of drug-likeness (QED) is 0.310. The lowest BCUT2D eigenvalue weighted by molar-refractivity contribution is 0.0364. The largest absolute Gasteiger partial charge is 0.497 e. The van der Waals surface area contributed by atoms with Crippen LogP contribution in [0.1, 0.15) is 43.1 Å². The Morgan fingerprint density at radius 2 is 1.82 bits per heavy atom. The summed E-state index contributed by atoms with van der Waals surface area (Å²) in [5.74, 6) is 1.15. The van der Waals surface area contributed by atoms with Crippen molar-refractivity contribution in [1.29, 1.82) is 0 Å². The molecule has 2 N–H and O–H groups in total. The summed E-state index contributed by atoms with van der Waals surface area (Å²) >= 11 is 0. The number of nitrogens with one attached hydrogen (secondary N) is 2. The average molecular weight is 541 g/mol. The average Bonchev–Trinajstić information content (AvgIpc) is 2.97. The molecule has 0 radical (unpaired) electrons. The van der Waals surface area contributed by atoms with Crippen LogP contribution in [0.3, 0.4) is 0 Å². The van der Waals surface area contributed by atoms with Crippen molar-refractivity contribution in [2.75, 3.05) is 81.2 Å². The number of ether oxygens (including phenoxy) is 1. The van der Waals surface area contributed by atoms with Crippen LogP contribution in [0.15, 0.2) is 24.4 Å². The second-order valence-corrected chi connectivity index (χ2v) is 9.50. The van der Waals surface area contributed by atoms with Gasteiger partial charge in [-0.3, -0.25) is 19.4 Å². The fourth-order valence-corrected chi connectivity index (χ4v) is 4.81. The molecule has 3 amide bonds. The number of hydrogen-bond donors (Lipinski definition) is 2. The standard InChI is InChI=1S/C27H40N8O4/c1-5-32-11-13-33(14-12-32)10-8-9-28-26-29-18-21-19-35(27(37)34(6-2)24(21)30-26)22-15-20(16-23(17-22)38-4)25(36)31-39-7-3/h15-18H,5-14,19H2,1-4H3,(H,31,36)(H,28,29,30). The van der Waals surface area contributed by atoms with Gasteiger partial charge < -0.3 is 19.9 Å². The van der Waals surface area contributed by atoms with Gasteiger partial charge in [-0.1, -0.05) is 6.92 Å². The van der Waals surface area contributed by atoms with Crippen LogP contribution in [0.2, 0.25) is 0 Å². The van der Waals surface area contributed by atoms with Crippen LogP contribution in [0, 0.1) is 0 Å². The van der Waals surface area contributed by atoms with Gasteiger partial charge in [-0.2, -0.15) is 4.98 Å². The molecule has 3 heterocycles. The molecule has 12 heteroatoms. The second kappa shape index (κ2) is 13.5. The monoisotopic (exact) mass is 540 g/mol. The Balaban J connectivity index is 1.43. The fourth-order valence-electron chi connectivity index (χ4n) is 4.81. The number of hydroxylamine groups is 1. The third kappa shape index (κ3) is 6.94. The molecule has 212 valence electrons. The van der Waals surface area contributed by atoms with E-state index in [1.54, 1.807) is 41.1 Å². The van der Waals surface area contributed by atoms with Gasteiger partial charge in [0, 0.05) is 62.7 Å². The molecule has 0 unspecified atom stereocenters. The van der Waals surface area contributed by atoms with Gasteiger partial charge in [0.25, 0.3) is 5.91 Å². The summed E-state index contributed by atoms with van der Waals surface area (Å²) in [5, 5.41) is 3.32. The number of methoxy groups -OCH3 is 1. The fraction of sp³-hybridized carbons (Fsp3) is 0.556. The molecule has 1 saturated heterocycles. The maximum absolute atomic E-state index is 13.6. The molecule has 0 saturated carbocycles. The smallest absolute Gasteiger partial charge is 0.330 e. The molecule has 39 heavy (non-hydrogen) atoms. The van der Waals surface area contributed by atoms with Gasteiger partial charge in [-0.05, 0) is 45.5 Å². The van der Waals surface area contributed by atoms with Crippen LogP contribution < -0.4 is 25.3 Å². The van der Waals surface area contributed by atoms with Crippen molar-refractivity contribution in [3.8, 4) is 5.75 Å². The summed E-state index contributed by atoms with van der Waals surface area (Å²) in [4.78, 5) is 48.5. The number of hydrogen-bond acceptors (Lipinski definition) is 9. The van der Waals surface area contributed by atoms with E-state index in [0.29, 0.717) is 41.9 Å². The molecular weight excluding hydrogens is 500 g/mol. The molecule has 4 rings (SSSR count). The van der Waals surface area contributed by atoms with Gasteiger partial charge in [0.1, 0.15) is 11.6 Å². The summed E-state index contributed by atoms with van der Waals surface area (Å²) in [6, 6.07) is 4.74. The highest BCUT2D eigenvalue weighted by Gasteiger charge is 2.33. The van der Waals surface area contributed by atoms with Gasteiger partial charge in [0.15, 0.2) is 0 Å². The molecule has 2 aromatic rings. The van der Waals surface area contributed by atoms with Crippen molar-refractivity contribution in [2.24, 2.45) is 0 Å². The van der Waals surface area contributed by atoms with Gasteiger partial charge >= 0.3 is 6.03 Å². The summed E-state index contributed by atoms with van der Waals surface area (Å²) in [6.07, 6.45) is 2.76. The Hall–Kier alpha value is -3.48. The first kappa shape index (κ1) is 28.5. The number of fused-ring (bicyclic) bond motifs is 1. The van der Waals surface area contributed by atoms with E-state index in [1.165, 1.54) is 7.11 Å². The number of anilines is 3. The first-order chi connectivity index (χ1) is 19.0. The number of carbonyl (C=O) groups is 2. The lowest BCUT2D eigenvalue weighted by Crippen LogP contribution is -2.48. The Labute approximate surface area is 230 Å². The lowest BCUT2D eigenvalue weighted by Gasteiger charge is -2.35. The molecule has 1 aromatic carbocycles. The van der Waals surface area contributed by atoms with Crippen molar-refractivity contribution >= 4 is 29.4 Å². The van der Waals surface area contributed by atoms with E-state index in [0.717, 1.165) is 57.8 Å². The van der Waals surface area contributed by atoms with Crippen LogP contribution in [0.5, 0.6) is 5.75 Å². The normalized spacial score (nSPS) is 16.3. The maximum atomic E-state index is 13.6. The van der Waals surface area contributed by atoms with Crippen LogP contribution in [0.4, 0.5) is 22.2 Å². The Bertz CT molecular complexity index is 1140. The second-order valence-electron chi connectivity index (χ2n) is 9.50. The molecule has 12 nitrogen and oxygen atoms in total. The predicted molar refractivity (Wildman–Crippen MR) is 150 cm³/mol. The summed E-state index contributed by atoms with van der Waals surface area (Å²) in [7, 11) is 1.52. The van der Waals surface area contributed by atoms with E-state index in [1.807, 2.05) is 6.92 Å². The first-order valence-electron chi connectivity index (χ1n) is 13.7. The molecule has 2 aliphatic rings. The van der Waals surface area contributed by atoms with E-state index in [2.05, 4.69) is 32.5 Å². The van der Waals surface area contributed by atoms with Crippen LogP contribution in [-0.2, 0) is 11.4 Å². The van der Waals surface area contributed by atoms with Crippen molar-refractivity contribution in [2.45, 2.75) is 33.7 Å². The molecule has 1 fully saturated rings. The summed E-state index contributed by atoms with van der Waals surface area (Å²) < 4.78 is 5.40. The van der Waals surface area contributed by atoms with E-state index in [9.17, 15) is 9.59 Å². The van der Waals surface area contributed by atoms with Gasteiger partial charge in [0.2, 0.25) is 5.95 Å². The zero-order valence-corrected chi connectivity index (χ0v) is 23.4. The number of amides is 3. The van der Waals surface area contributed by atoms with Crippen molar-refractivity contribution in [1.82, 2.24) is 25.2 Å². The number of carbonyl (C=O) groups excluding carboxylic acids is 2. The van der Waals surface area contributed by atoms with E-state index in [4.69, 9.17) is 14.6 Å².